The van der Waals surface area contributed by atoms with Crippen LogP contribution in [0, 0.1) is 6.92 Å². The third-order valence-electron chi connectivity index (χ3n) is 2.15. The number of aromatic nitrogens is 1. The van der Waals surface area contributed by atoms with E-state index < -0.39 is 0 Å². The molecule has 0 unspecified atom stereocenters. The Morgan fingerprint density at radius 2 is 2.31 bits per heavy atom. The molecule has 0 spiro atoms. The second-order valence-corrected chi connectivity index (χ2v) is 3.98. The van der Waals surface area contributed by atoms with E-state index in [1.54, 1.807) is 0 Å². The molecule has 0 atom stereocenters. The van der Waals surface area contributed by atoms with Crippen LogP contribution < -0.4 is 5.32 Å². The summed E-state index contributed by atoms with van der Waals surface area (Å²) >= 11 is 5.84. The number of rotatable bonds is 3. The van der Waals surface area contributed by atoms with E-state index in [2.05, 4.69) is 16.4 Å². The van der Waals surface area contributed by atoms with Crippen LogP contribution in [0.25, 0.3) is 0 Å². The lowest BCUT2D eigenvalue weighted by molar-refractivity contribution is 0.686. The van der Waals surface area contributed by atoms with Crippen molar-refractivity contribution in [2.45, 2.75) is 32.4 Å². The molecule has 1 saturated carbocycles. The summed E-state index contributed by atoms with van der Waals surface area (Å²) in [5, 5.41) is 4.03. The largest absolute Gasteiger partial charge is 0.310 e. The van der Waals surface area contributed by atoms with E-state index in [1.807, 2.05) is 13.0 Å². The van der Waals surface area contributed by atoms with Gasteiger partial charge in [-0.3, -0.25) is 0 Å². The summed E-state index contributed by atoms with van der Waals surface area (Å²) in [5.41, 5.74) is 2.21. The van der Waals surface area contributed by atoms with Crippen LogP contribution in [0.5, 0.6) is 0 Å². The third-order valence-corrected chi connectivity index (χ3v) is 2.35. The number of nitrogens with one attached hydrogen (secondary N) is 1. The van der Waals surface area contributed by atoms with Crippen molar-refractivity contribution in [3.8, 4) is 0 Å². The number of aryl methyl sites for hydroxylation is 1. The van der Waals surface area contributed by atoms with Gasteiger partial charge < -0.3 is 5.32 Å². The van der Waals surface area contributed by atoms with Gasteiger partial charge in [-0.2, -0.15) is 0 Å². The van der Waals surface area contributed by atoms with Crippen molar-refractivity contribution in [3.05, 3.63) is 28.5 Å². The van der Waals surface area contributed by atoms with Crippen LogP contribution >= 0.6 is 11.6 Å². The zero-order chi connectivity index (χ0) is 9.26. The molecule has 0 saturated heterocycles. The highest BCUT2D eigenvalue weighted by Crippen LogP contribution is 2.19. The zero-order valence-corrected chi connectivity index (χ0v) is 8.43. The van der Waals surface area contributed by atoms with Crippen LogP contribution in [0.4, 0.5) is 0 Å². The normalized spacial score (nSPS) is 16.2. The molecule has 1 fully saturated rings. The van der Waals surface area contributed by atoms with E-state index in [-0.39, 0.29) is 0 Å². The molecule has 2 nitrogen and oxygen atoms in total. The van der Waals surface area contributed by atoms with E-state index in [0.29, 0.717) is 5.15 Å². The summed E-state index contributed by atoms with van der Waals surface area (Å²) in [7, 11) is 0. The molecule has 1 aromatic heterocycles. The number of halogens is 1. The van der Waals surface area contributed by atoms with E-state index in [0.717, 1.165) is 18.3 Å². The quantitative estimate of drug-likeness (QED) is 0.751. The zero-order valence-electron chi connectivity index (χ0n) is 7.68. The van der Waals surface area contributed by atoms with Crippen LogP contribution in [-0.2, 0) is 6.54 Å². The Morgan fingerprint density at radius 1 is 1.54 bits per heavy atom. The lowest BCUT2D eigenvalue weighted by Crippen LogP contribution is -2.15. The molecule has 1 N–H and O–H groups in total. The van der Waals surface area contributed by atoms with Gasteiger partial charge >= 0.3 is 0 Å². The van der Waals surface area contributed by atoms with Crippen molar-refractivity contribution in [2.75, 3.05) is 0 Å². The van der Waals surface area contributed by atoms with Crippen LogP contribution in [-0.4, -0.2) is 11.0 Å². The van der Waals surface area contributed by atoms with Gasteiger partial charge in [-0.05, 0) is 37.5 Å². The first-order chi connectivity index (χ1) is 6.24. The fourth-order valence-corrected chi connectivity index (χ4v) is 1.62. The van der Waals surface area contributed by atoms with E-state index in [1.165, 1.54) is 18.4 Å². The van der Waals surface area contributed by atoms with Crippen LogP contribution in [0.15, 0.2) is 12.1 Å². The molecule has 0 bridgehead atoms. The van der Waals surface area contributed by atoms with Crippen LogP contribution in [0.3, 0.4) is 0 Å². The molecule has 3 heteroatoms. The van der Waals surface area contributed by atoms with Crippen LogP contribution in [0.1, 0.15) is 24.1 Å². The predicted molar refractivity (Wildman–Crippen MR) is 53.8 cm³/mol. The number of nitrogens with zero attached hydrogens (tertiary/aromatic N) is 1. The summed E-state index contributed by atoms with van der Waals surface area (Å²) < 4.78 is 0. The third kappa shape index (κ3) is 2.68. The molecule has 13 heavy (non-hydrogen) atoms. The van der Waals surface area contributed by atoms with E-state index in [4.69, 9.17) is 11.6 Å². The SMILES string of the molecule is Cc1cc(CNC2CC2)cc(Cl)n1. The lowest BCUT2D eigenvalue weighted by Gasteiger charge is -2.04. The fraction of sp³-hybridized carbons (Fsp3) is 0.500. The summed E-state index contributed by atoms with van der Waals surface area (Å²) in [5.74, 6) is 0. The fourth-order valence-electron chi connectivity index (χ4n) is 1.35. The van der Waals surface area contributed by atoms with Gasteiger partial charge in [0.15, 0.2) is 0 Å². The van der Waals surface area contributed by atoms with Crippen molar-refractivity contribution in [1.82, 2.24) is 10.3 Å². The van der Waals surface area contributed by atoms with Gasteiger partial charge in [-0.1, -0.05) is 11.6 Å². The Labute approximate surface area is 83.3 Å². The number of pyridine rings is 1. The Bertz CT molecular complexity index is 288. The molecule has 0 radical (unpaired) electrons. The molecular weight excluding hydrogens is 184 g/mol. The van der Waals surface area contributed by atoms with Gasteiger partial charge in [0.25, 0.3) is 0 Å². The summed E-state index contributed by atoms with van der Waals surface area (Å²) in [6.07, 6.45) is 2.63. The topological polar surface area (TPSA) is 24.9 Å². The molecule has 1 aliphatic rings. The van der Waals surface area contributed by atoms with Gasteiger partial charge in [0.1, 0.15) is 5.15 Å². The van der Waals surface area contributed by atoms with Crippen molar-refractivity contribution in [1.29, 1.82) is 0 Å². The highest BCUT2D eigenvalue weighted by Gasteiger charge is 2.19. The molecular formula is C10H13ClN2. The Kier molecular flexibility index (Phi) is 2.51. The number of hydrogen-bond donors (Lipinski definition) is 1. The number of hydrogen-bond acceptors (Lipinski definition) is 2. The first kappa shape index (κ1) is 8.97. The van der Waals surface area contributed by atoms with Crippen LogP contribution in [0.2, 0.25) is 5.15 Å². The molecule has 2 rings (SSSR count). The Morgan fingerprint density at radius 3 is 2.92 bits per heavy atom. The molecule has 0 aromatic carbocycles. The Hall–Kier alpha value is -0.600. The second-order valence-electron chi connectivity index (χ2n) is 3.59. The first-order valence-corrected chi connectivity index (χ1v) is 4.98. The average Bonchev–Trinajstić information content (AvgIpc) is 2.81. The van der Waals surface area contributed by atoms with Gasteiger partial charge in [0.2, 0.25) is 0 Å². The predicted octanol–water partition coefficient (Wildman–Crippen LogP) is 2.30. The molecule has 1 aliphatic carbocycles. The second kappa shape index (κ2) is 3.64. The Balaban J connectivity index is 2.01. The molecule has 1 heterocycles. The van der Waals surface area contributed by atoms with E-state index >= 15 is 0 Å². The minimum absolute atomic E-state index is 0.590. The standard InChI is InChI=1S/C10H13ClN2/c1-7-4-8(5-10(11)13-7)6-12-9-2-3-9/h4-5,9,12H,2-3,6H2,1H3. The van der Waals surface area contributed by atoms with Gasteiger partial charge in [0.05, 0.1) is 0 Å². The van der Waals surface area contributed by atoms with Crippen molar-refractivity contribution < 1.29 is 0 Å². The van der Waals surface area contributed by atoms with Gasteiger partial charge in [0, 0.05) is 18.3 Å². The highest BCUT2D eigenvalue weighted by atomic mass is 35.5. The van der Waals surface area contributed by atoms with Gasteiger partial charge in [-0.25, -0.2) is 4.98 Å². The first-order valence-electron chi connectivity index (χ1n) is 4.60. The van der Waals surface area contributed by atoms with Crippen molar-refractivity contribution in [3.63, 3.8) is 0 Å². The minimum Gasteiger partial charge on any atom is -0.310 e. The average molecular weight is 197 g/mol. The van der Waals surface area contributed by atoms with E-state index in [9.17, 15) is 0 Å². The summed E-state index contributed by atoms with van der Waals surface area (Å²) in [4.78, 5) is 4.11. The monoisotopic (exact) mass is 196 g/mol. The van der Waals surface area contributed by atoms with Gasteiger partial charge in [-0.15, -0.1) is 0 Å². The van der Waals surface area contributed by atoms with Crippen molar-refractivity contribution in [2.24, 2.45) is 0 Å². The molecule has 0 aliphatic heterocycles. The maximum absolute atomic E-state index is 5.84. The molecule has 1 aromatic rings. The summed E-state index contributed by atoms with van der Waals surface area (Å²) in [6.45, 7) is 2.88. The maximum atomic E-state index is 5.84. The molecule has 0 amide bonds. The lowest BCUT2D eigenvalue weighted by atomic mass is 10.2. The smallest absolute Gasteiger partial charge is 0.129 e. The molecule has 70 valence electrons. The highest BCUT2D eigenvalue weighted by molar-refractivity contribution is 6.29. The summed E-state index contributed by atoms with van der Waals surface area (Å²) in [6, 6.07) is 4.73. The maximum Gasteiger partial charge on any atom is 0.129 e. The minimum atomic E-state index is 0.590. The van der Waals surface area contributed by atoms with Crippen molar-refractivity contribution >= 4 is 11.6 Å².